The molecule has 3 N–H and O–H groups in total. The molecule has 0 heterocycles. The van der Waals surface area contributed by atoms with Gasteiger partial charge < -0.3 is 11.1 Å². The third-order valence-corrected chi connectivity index (χ3v) is 3.26. The summed E-state index contributed by atoms with van der Waals surface area (Å²) in [6, 6.07) is 0.342. The minimum absolute atomic E-state index is 0.00421. The molecule has 3 nitrogen and oxygen atoms in total. The maximum Gasteiger partial charge on any atom is 0.221 e. The lowest BCUT2D eigenvalue weighted by Crippen LogP contribution is -2.46. The fourth-order valence-electron chi connectivity index (χ4n) is 1.81. The van der Waals surface area contributed by atoms with E-state index in [9.17, 15) is 4.79 Å². The molecule has 1 unspecified atom stereocenters. The average molecular weight is 212 g/mol. The molecule has 1 aliphatic rings. The van der Waals surface area contributed by atoms with Crippen LogP contribution in [0.25, 0.3) is 0 Å². The van der Waals surface area contributed by atoms with Crippen LogP contribution in [-0.4, -0.2) is 18.0 Å². The van der Waals surface area contributed by atoms with Gasteiger partial charge in [0, 0.05) is 18.5 Å². The van der Waals surface area contributed by atoms with Crippen LogP contribution in [-0.2, 0) is 4.79 Å². The van der Waals surface area contributed by atoms with E-state index >= 15 is 0 Å². The van der Waals surface area contributed by atoms with Crippen LogP contribution in [0.3, 0.4) is 0 Å². The fourth-order valence-corrected chi connectivity index (χ4v) is 1.81. The highest BCUT2D eigenvalue weighted by atomic mass is 16.1. The van der Waals surface area contributed by atoms with Crippen LogP contribution < -0.4 is 11.1 Å². The van der Waals surface area contributed by atoms with Gasteiger partial charge in [-0.1, -0.05) is 27.7 Å². The van der Waals surface area contributed by atoms with E-state index in [2.05, 4.69) is 33.0 Å². The number of rotatable bonds is 3. The highest BCUT2D eigenvalue weighted by molar-refractivity contribution is 5.77. The fraction of sp³-hybridized carbons (Fsp3) is 0.917. The Labute approximate surface area is 92.8 Å². The molecule has 0 radical (unpaired) electrons. The molecular formula is C12H24N2O. The Morgan fingerprint density at radius 3 is 2.40 bits per heavy atom. The summed E-state index contributed by atoms with van der Waals surface area (Å²) in [5.74, 6) is 0.876. The molecule has 1 aliphatic carbocycles. The topological polar surface area (TPSA) is 55.1 Å². The quantitative estimate of drug-likeness (QED) is 0.747. The Balaban J connectivity index is 2.24. The summed E-state index contributed by atoms with van der Waals surface area (Å²) in [7, 11) is 0. The van der Waals surface area contributed by atoms with Crippen molar-refractivity contribution >= 4 is 5.91 Å². The number of hydrogen-bond acceptors (Lipinski definition) is 2. The van der Waals surface area contributed by atoms with Gasteiger partial charge in [-0.25, -0.2) is 0 Å². The Bertz CT molecular complexity index is 226. The summed E-state index contributed by atoms with van der Waals surface area (Å²) in [6.45, 7) is 8.41. The van der Waals surface area contributed by atoms with Gasteiger partial charge in [0.05, 0.1) is 0 Å². The summed E-state index contributed by atoms with van der Waals surface area (Å²) in [4.78, 5) is 11.6. The molecule has 0 spiro atoms. The molecule has 0 aromatic carbocycles. The Morgan fingerprint density at radius 1 is 1.47 bits per heavy atom. The number of carbonyl (C=O) groups excluding carboxylic acids is 1. The van der Waals surface area contributed by atoms with Crippen molar-refractivity contribution in [3.8, 4) is 0 Å². The first-order valence-electron chi connectivity index (χ1n) is 5.84. The molecule has 1 rings (SSSR count). The van der Waals surface area contributed by atoms with Crippen LogP contribution in [0.4, 0.5) is 0 Å². The first-order valence-corrected chi connectivity index (χ1v) is 5.84. The number of hydrogen-bond donors (Lipinski definition) is 2. The van der Waals surface area contributed by atoms with E-state index in [-0.39, 0.29) is 17.4 Å². The molecule has 1 saturated carbocycles. The first-order chi connectivity index (χ1) is 6.79. The van der Waals surface area contributed by atoms with Gasteiger partial charge in [0.2, 0.25) is 5.91 Å². The van der Waals surface area contributed by atoms with Crippen molar-refractivity contribution in [1.29, 1.82) is 0 Å². The second kappa shape index (κ2) is 4.52. The zero-order valence-corrected chi connectivity index (χ0v) is 10.3. The monoisotopic (exact) mass is 212 g/mol. The molecule has 0 saturated heterocycles. The molecular weight excluding hydrogens is 188 g/mol. The zero-order valence-electron chi connectivity index (χ0n) is 10.3. The molecule has 0 aliphatic heterocycles. The summed E-state index contributed by atoms with van der Waals surface area (Å²) >= 11 is 0. The number of nitrogens with two attached hydrogens (primary N) is 1. The Kier molecular flexibility index (Phi) is 3.77. The summed E-state index contributed by atoms with van der Waals surface area (Å²) in [5.41, 5.74) is 5.96. The van der Waals surface area contributed by atoms with Gasteiger partial charge in [-0.3, -0.25) is 4.79 Å². The van der Waals surface area contributed by atoms with Gasteiger partial charge in [0.15, 0.2) is 0 Å². The second-order valence-corrected chi connectivity index (χ2v) is 6.02. The van der Waals surface area contributed by atoms with Crippen LogP contribution in [0.15, 0.2) is 0 Å². The molecule has 15 heavy (non-hydrogen) atoms. The maximum atomic E-state index is 11.6. The van der Waals surface area contributed by atoms with Gasteiger partial charge >= 0.3 is 0 Å². The molecule has 1 atom stereocenters. The number of nitrogens with one attached hydrogen (secondary N) is 1. The summed E-state index contributed by atoms with van der Waals surface area (Å²) < 4.78 is 0. The van der Waals surface area contributed by atoms with Crippen LogP contribution in [0.5, 0.6) is 0 Å². The highest BCUT2D eigenvalue weighted by Crippen LogP contribution is 2.26. The first kappa shape index (κ1) is 12.5. The van der Waals surface area contributed by atoms with Gasteiger partial charge in [0.25, 0.3) is 0 Å². The van der Waals surface area contributed by atoms with Crippen molar-refractivity contribution in [1.82, 2.24) is 5.32 Å². The predicted molar refractivity (Wildman–Crippen MR) is 62.4 cm³/mol. The van der Waals surface area contributed by atoms with Crippen molar-refractivity contribution in [2.75, 3.05) is 0 Å². The average Bonchev–Trinajstić information content (AvgIpc) is 1.99. The molecule has 3 heteroatoms. The molecule has 88 valence electrons. The molecule has 0 bridgehead atoms. The third kappa shape index (κ3) is 3.82. The Morgan fingerprint density at radius 2 is 2.00 bits per heavy atom. The minimum atomic E-state index is -0.0602. The predicted octanol–water partition coefficient (Wildman–Crippen LogP) is 1.66. The number of amides is 1. The minimum Gasteiger partial charge on any atom is -0.353 e. The second-order valence-electron chi connectivity index (χ2n) is 6.02. The molecule has 0 aromatic heterocycles. The summed E-state index contributed by atoms with van der Waals surface area (Å²) in [6.07, 6.45) is 2.68. The van der Waals surface area contributed by atoms with E-state index in [0.717, 1.165) is 18.8 Å². The van der Waals surface area contributed by atoms with E-state index in [1.54, 1.807) is 0 Å². The van der Waals surface area contributed by atoms with Crippen molar-refractivity contribution in [3.05, 3.63) is 0 Å². The third-order valence-electron chi connectivity index (χ3n) is 3.26. The van der Waals surface area contributed by atoms with Crippen LogP contribution >= 0.6 is 0 Å². The van der Waals surface area contributed by atoms with Crippen molar-refractivity contribution in [2.24, 2.45) is 17.1 Å². The lowest BCUT2D eigenvalue weighted by atomic mass is 9.81. The van der Waals surface area contributed by atoms with Crippen molar-refractivity contribution in [2.45, 2.75) is 59.0 Å². The van der Waals surface area contributed by atoms with E-state index in [0.29, 0.717) is 12.5 Å². The van der Waals surface area contributed by atoms with Gasteiger partial charge in [-0.15, -0.1) is 0 Å². The molecule has 1 amide bonds. The largest absolute Gasteiger partial charge is 0.353 e. The maximum absolute atomic E-state index is 11.6. The van der Waals surface area contributed by atoms with Gasteiger partial charge in [0.1, 0.15) is 0 Å². The molecule has 1 fully saturated rings. The SMILES string of the molecule is CC1CC(NC(=O)CC(N)C(C)(C)C)C1. The van der Waals surface area contributed by atoms with Gasteiger partial charge in [-0.2, -0.15) is 0 Å². The normalized spacial score (nSPS) is 28.1. The van der Waals surface area contributed by atoms with E-state index < -0.39 is 0 Å². The van der Waals surface area contributed by atoms with E-state index in [4.69, 9.17) is 5.73 Å². The Hall–Kier alpha value is -0.570. The lowest BCUT2D eigenvalue weighted by Gasteiger charge is -2.34. The van der Waals surface area contributed by atoms with Crippen molar-refractivity contribution < 1.29 is 4.79 Å². The molecule has 0 aromatic rings. The van der Waals surface area contributed by atoms with E-state index in [1.807, 2.05) is 0 Å². The standard InChI is InChI=1S/C12H24N2O/c1-8-5-9(6-8)14-11(15)7-10(13)12(2,3)4/h8-10H,5-7,13H2,1-4H3,(H,14,15). The van der Waals surface area contributed by atoms with E-state index in [1.165, 1.54) is 0 Å². The smallest absolute Gasteiger partial charge is 0.221 e. The highest BCUT2D eigenvalue weighted by Gasteiger charge is 2.28. The van der Waals surface area contributed by atoms with Gasteiger partial charge in [-0.05, 0) is 24.2 Å². The zero-order chi connectivity index (χ0) is 11.6. The van der Waals surface area contributed by atoms with Crippen LogP contribution in [0.2, 0.25) is 0 Å². The summed E-state index contributed by atoms with van der Waals surface area (Å²) in [5, 5.41) is 3.03. The van der Waals surface area contributed by atoms with Crippen LogP contribution in [0.1, 0.15) is 47.0 Å². The van der Waals surface area contributed by atoms with Crippen LogP contribution in [0, 0.1) is 11.3 Å². The number of carbonyl (C=O) groups is 1. The lowest BCUT2D eigenvalue weighted by molar-refractivity contribution is -0.123. The van der Waals surface area contributed by atoms with Crippen molar-refractivity contribution in [3.63, 3.8) is 0 Å².